The second-order valence-corrected chi connectivity index (χ2v) is 6.81. The van der Waals surface area contributed by atoms with Crippen LogP contribution in [0.5, 0.6) is 5.75 Å². The van der Waals surface area contributed by atoms with Gasteiger partial charge in [0.25, 0.3) is 10.0 Å². The van der Waals surface area contributed by atoms with Gasteiger partial charge < -0.3 is 4.74 Å². The van der Waals surface area contributed by atoms with Crippen molar-refractivity contribution in [2.45, 2.75) is 4.90 Å². The Kier molecular flexibility index (Phi) is 4.28. The molecule has 0 aliphatic rings. The van der Waals surface area contributed by atoms with Gasteiger partial charge in [-0.15, -0.1) is 0 Å². The zero-order valence-corrected chi connectivity index (χ0v) is 14.3. The SMILES string of the molecule is COc1cccc(S(=O)(=O)Nc2ccc(-n3nnn(C)c3=O)cc2)c1. The number of benzene rings is 2. The van der Waals surface area contributed by atoms with Crippen LogP contribution in [-0.4, -0.2) is 35.3 Å². The molecule has 130 valence electrons. The first-order chi connectivity index (χ1) is 11.9. The van der Waals surface area contributed by atoms with Crippen LogP contribution in [0.2, 0.25) is 0 Å². The first-order valence-corrected chi connectivity index (χ1v) is 8.65. The first-order valence-electron chi connectivity index (χ1n) is 7.17. The highest BCUT2D eigenvalue weighted by molar-refractivity contribution is 7.92. The highest BCUT2D eigenvalue weighted by Crippen LogP contribution is 2.20. The van der Waals surface area contributed by atoms with Crippen LogP contribution in [0.4, 0.5) is 5.69 Å². The zero-order chi connectivity index (χ0) is 18.0. The highest BCUT2D eigenvalue weighted by Gasteiger charge is 2.15. The standard InChI is InChI=1S/C15H15N5O4S/c1-19-15(21)20(18-17-19)12-8-6-11(7-9-12)16-25(22,23)14-5-3-4-13(10-14)24-2/h3-10,16H,1-2H3. The van der Waals surface area contributed by atoms with Crippen LogP contribution >= 0.6 is 0 Å². The van der Waals surface area contributed by atoms with Crippen molar-refractivity contribution < 1.29 is 13.2 Å². The summed E-state index contributed by atoms with van der Waals surface area (Å²) in [5.41, 5.74) is 0.427. The predicted molar refractivity (Wildman–Crippen MR) is 90.4 cm³/mol. The Morgan fingerprint density at radius 2 is 1.80 bits per heavy atom. The number of nitrogens with zero attached hydrogens (tertiary/aromatic N) is 4. The molecule has 0 amide bonds. The number of methoxy groups -OCH3 is 1. The summed E-state index contributed by atoms with van der Waals surface area (Å²) in [6, 6.07) is 12.4. The van der Waals surface area contributed by atoms with Crippen molar-refractivity contribution in [1.29, 1.82) is 0 Å². The summed E-state index contributed by atoms with van der Waals surface area (Å²) in [6.45, 7) is 0. The summed E-state index contributed by atoms with van der Waals surface area (Å²) in [6.07, 6.45) is 0. The third kappa shape index (κ3) is 3.38. The Labute approximate surface area is 143 Å². The lowest BCUT2D eigenvalue weighted by molar-refractivity contribution is 0.413. The molecule has 2 aromatic carbocycles. The summed E-state index contributed by atoms with van der Waals surface area (Å²) >= 11 is 0. The minimum Gasteiger partial charge on any atom is -0.497 e. The molecule has 0 atom stereocenters. The molecule has 1 N–H and O–H groups in total. The van der Waals surface area contributed by atoms with Gasteiger partial charge >= 0.3 is 5.69 Å². The van der Waals surface area contributed by atoms with Gasteiger partial charge in [0.15, 0.2) is 0 Å². The summed E-state index contributed by atoms with van der Waals surface area (Å²) in [7, 11) is -0.805. The molecular formula is C15H15N5O4S. The smallest absolute Gasteiger partial charge is 0.368 e. The molecule has 0 saturated heterocycles. The Bertz CT molecular complexity index is 1050. The quantitative estimate of drug-likeness (QED) is 0.719. The molecule has 0 bridgehead atoms. The first kappa shape index (κ1) is 16.7. The average molecular weight is 361 g/mol. The maximum atomic E-state index is 12.4. The minimum atomic E-state index is -3.76. The molecule has 1 aromatic heterocycles. The summed E-state index contributed by atoms with van der Waals surface area (Å²) < 4.78 is 34.6. The number of ether oxygens (including phenoxy) is 1. The summed E-state index contributed by atoms with van der Waals surface area (Å²) in [5.74, 6) is 0.445. The van der Waals surface area contributed by atoms with Crippen molar-refractivity contribution in [3.63, 3.8) is 0 Å². The molecule has 3 aromatic rings. The van der Waals surface area contributed by atoms with E-state index in [1.165, 1.54) is 38.4 Å². The van der Waals surface area contributed by atoms with E-state index < -0.39 is 15.7 Å². The van der Waals surface area contributed by atoms with Gasteiger partial charge in [-0.05, 0) is 46.8 Å². The minimum absolute atomic E-state index is 0.0843. The van der Waals surface area contributed by atoms with Crippen LogP contribution in [0.1, 0.15) is 0 Å². The highest BCUT2D eigenvalue weighted by atomic mass is 32.2. The van der Waals surface area contributed by atoms with E-state index in [2.05, 4.69) is 15.1 Å². The van der Waals surface area contributed by atoms with Crippen molar-refractivity contribution in [3.8, 4) is 11.4 Å². The van der Waals surface area contributed by atoms with Gasteiger partial charge in [0, 0.05) is 18.8 Å². The fraction of sp³-hybridized carbons (Fsp3) is 0.133. The lowest BCUT2D eigenvalue weighted by atomic mass is 10.3. The number of aromatic nitrogens is 4. The van der Waals surface area contributed by atoms with Gasteiger partial charge in [-0.3, -0.25) is 4.72 Å². The number of nitrogens with one attached hydrogen (secondary N) is 1. The monoisotopic (exact) mass is 361 g/mol. The molecule has 1 heterocycles. The maximum Gasteiger partial charge on any atom is 0.368 e. The van der Waals surface area contributed by atoms with Gasteiger partial charge in [-0.1, -0.05) is 6.07 Å². The van der Waals surface area contributed by atoms with Crippen LogP contribution in [0.3, 0.4) is 0 Å². The van der Waals surface area contributed by atoms with Crippen LogP contribution in [0.15, 0.2) is 58.2 Å². The molecule has 0 spiro atoms. The Morgan fingerprint density at radius 1 is 1.08 bits per heavy atom. The number of tetrazole rings is 1. The van der Waals surface area contributed by atoms with Gasteiger partial charge in [-0.2, -0.15) is 9.36 Å². The van der Waals surface area contributed by atoms with E-state index in [4.69, 9.17) is 4.74 Å². The number of hydrogen-bond acceptors (Lipinski definition) is 6. The molecule has 3 rings (SSSR count). The van der Waals surface area contributed by atoms with Gasteiger partial charge in [0.1, 0.15) is 5.75 Å². The Balaban J connectivity index is 1.85. The predicted octanol–water partition coefficient (Wildman–Crippen LogP) is 0.775. The van der Waals surface area contributed by atoms with E-state index in [1.807, 2.05) is 0 Å². The van der Waals surface area contributed by atoms with Crippen LogP contribution in [0, 0.1) is 0 Å². The van der Waals surface area contributed by atoms with Crippen LogP contribution < -0.4 is 15.1 Å². The van der Waals surface area contributed by atoms with Crippen LogP contribution in [0.25, 0.3) is 5.69 Å². The van der Waals surface area contributed by atoms with Crippen molar-refractivity contribution in [2.75, 3.05) is 11.8 Å². The lowest BCUT2D eigenvalue weighted by Gasteiger charge is -2.09. The normalized spacial score (nSPS) is 11.3. The van der Waals surface area contributed by atoms with E-state index in [0.717, 1.165) is 9.36 Å². The van der Waals surface area contributed by atoms with Crippen LogP contribution in [-0.2, 0) is 17.1 Å². The average Bonchev–Trinajstić information content (AvgIpc) is 2.95. The van der Waals surface area contributed by atoms with Gasteiger partial charge in [0.2, 0.25) is 0 Å². The molecular weight excluding hydrogens is 346 g/mol. The van der Waals surface area contributed by atoms with E-state index in [-0.39, 0.29) is 4.90 Å². The molecule has 0 fully saturated rings. The topological polar surface area (TPSA) is 108 Å². The van der Waals surface area contributed by atoms with E-state index in [9.17, 15) is 13.2 Å². The number of rotatable bonds is 5. The third-order valence-corrected chi connectivity index (χ3v) is 4.82. The molecule has 0 unspecified atom stereocenters. The molecule has 10 heteroatoms. The molecule has 25 heavy (non-hydrogen) atoms. The van der Waals surface area contributed by atoms with Crippen molar-refractivity contribution >= 4 is 15.7 Å². The lowest BCUT2D eigenvalue weighted by Crippen LogP contribution is -2.21. The largest absolute Gasteiger partial charge is 0.497 e. The van der Waals surface area contributed by atoms with Crippen molar-refractivity contribution in [1.82, 2.24) is 19.8 Å². The van der Waals surface area contributed by atoms with E-state index in [0.29, 0.717) is 17.1 Å². The third-order valence-electron chi connectivity index (χ3n) is 3.44. The van der Waals surface area contributed by atoms with Gasteiger partial charge in [0.05, 0.1) is 17.7 Å². The second-order valence-electron chi connectivity index (χ2n) is 5.13. The zero-order valence-electron chi connectivity index (χ0n) is 13.4. The fourth-order valence-corrected chi connectivity index (χ4v) is 3.22. The molecule has 0 aliphatic heterocycles. The maximum absolute atomic E-state index is 12.4. The second kappa shape index (κ2) is 6.40. The number of anilines is 1. The molecule has 0 radical (unpaired) electrons. The number of aryl methyl sites for hydroxylation is 1. The fourth-order valence-electron chi connectivity index (χ4n) is 2.13. The Morgan fingerprint density at radius 3 is 2.40 bits per heavy atom. The number of hydrogen-bond donors (Lipinski definition) is 1. The molecule has 9 nitrogen and oxygen atoms in total. The summed E-state index contributed by atoms with van der Waals surface area (Å²) in [4.78, 5) is 11.9. The van der Waals surface area contributed by atoms with Gasteiger partial charge in [-0.25, -0.2) is 13.2 Å². The molecule has 0 aliphatic carbocycles. The molecule has 0 saturated carbocycles. The summed E-state index contributed by atoms with van der Waals surface area (Å²) in [5, 5.41) is 7.35. The van der Waals surface area contributed by atoms with Crippen molar-refractivity contribution in [2.24, 2.45) is 7.05 Å². The van der Waals surface area contributed by atoms with E-state index in [1.54, 1.807) is 24.3 Å². The number of sulfonamides is 1. The van der Waals surface area contributed by atoms with E-state index >= 15 is 0 Å². The Hall–Kier alpha value is -3.14. The van der Waals surface area contributed by atoms with Crippen molar-refractivity contribution in [3.05, 3.63) is 59.0 Å².